The quantitative estimate of drug-likeness (QED) is 0.658. The molecule has 0 unspecified atom stereocenters. The van der Waals surface area contributed by atoms with E-state index in [4.69, 9.17) is 9.47 Å². The molecule has 0 fully saturated rings. The van der Waals surface area contributed by atoms with Gasteiger partial charge in [0, 0.05) is 23.9 Å². The van der Waals surface area contributed by atoms with Gasteiger partial charge >= 0.3 is 0 Å². The number of aryl methyl sites for hydroxylation is 1. The first-order valence-corrected chi connectivity index (χ1v) is 8.93. The molecule has 6 nitrogen and oxygen atoms in total. The Labute approximate surface area is 162 Å². The molecular formula is C21H22FN3O3. The number of rotatable bonds is 7. The van der Waals surface area contributed by atoms with Gasteiger partial charge in [0.2, 0.25) is 0 Å². The first kappa shape index (κ1) is 19.4. The van der Waals surface area contributed by atoms with E-state index in [1.807, 2.05) is 19.1 Å². The van der Waals surface area contributed by atoms with E-state index in [0.29, 0.717) is 35.1 Å². The monoisotopic (exact) mass is 383 g/mol. The highest BCUT2D eigenvalue weighted by Gasteiger charge is 2.19. The Morgan fingerprint density at radius 2 is 1.96 bits per heavy atom. The van der Waals surface area contributed by atoms with Crippen LogP contribution < -0.4 is 14.8 Å². The normalized spacial score (nSPS) is 10.6. The summed E-state index contributed by atoms with van der Waals surface area (Å²) in [6, 6.07) is 12.9. The van der Waals surface area contributed by atoms with Crippen LogP contribution in [0.1, 0.15) is 23.8 Å². The number of amides is 1. The van der Waals surface area contributed by atoms with Crippen LogP contribution in [0.15, 0.2) is 48.5 Å². The number of nitrogens with one attached hydrogen (secondary N) is 1. The van der Waals surface area contributed by atoms with E-state index in [9.17, 15) is 9.18 Å². The van der Waals surface area contributed by atoms with Crippen molar-refractivity contribution in [2.75, 3.05) is 19.5 Å². The zero-order chi connectivity index (χ0) is 20.1. The lowest BCUT2D eigenvalue weighted by Gasteiger charge is -2.08. The molecule has 7 heteroatoms. The van der Waals surface area contributed by atoms with Crippen LogP contribution in [-0.2, 0) is 6.54 Å². The molecule has 2 aromatic carbocycles. The highest BCUT2D eigenvalue weighted by molar-refractivity contribution is 6.03. The minimum atomic E-state index is -0.413. The molecule has 0 bridgehead atoms. The third-order valence-corrected chi connectivity index (χ3v) is 4.22. The number of methoxy groups -OCH3 is 2. The lowest BCUT2D eigenvalue weighted by atomic mass is 10.1. The van der Waals surface area contributed by atoms with Gasteiger partial charge in [-0.15, -0.1) is 0 Å². The smallest absolute Gasteiger partial charge is 0.273 e. The minimum Gasteiger partial charge on any atom is -0.497 e. The number of carbonyl (C=O) groups is 1. The molecule has 3 rings (SSSR count). The van der Waals surface area contributed by atoms with Crippen molar-refractivity contribution in [1.82, 2.24) is 9.78 Å². The number of aromatic nitrogens is 2. The first-order valence-electron chi connectivity index (χ1n) is 8.93. The summed E-state index contributed by atoms with van der Waals surface area (Å²) in [4.78, 5) is 12.8. The maximum Gasteiger partial charge on any atom is 0.273 e. The van der Waals surface area contributed by atoms with Gasteiger partial charge < -0.3 is 14.8 Å². The Bertz CT molecular complexity index is 985. The van der Waals surface area contributed by atoms with Gasteiger partial charge in [0.1, 0.15) is 23.0 Å². The molecular weight excluding hydrogens is 361 g/mol. The van der Waals surface area contributed by atoms with Crippen LogP contribution in [0.5, 0.6) is 11.5 Å². The molecule has 0 saturated carbocycles. The first-order chi connectivity index (χ1) is 13.5. The van der Waals surface area contributed by atoms with Gasteiger partial charge in [-0.2, -0.15) is 5.10 Å². The van der Waals surface area contributed by atoms with E-state index in [-0.39, 0.29) is 5.91 Å². The maximum absolute atomic E-state index is 13.4. The number of hydrogen-bond donors (Lipinski definition) is 1. The molecule has 3 aromatic rings. The number of benzene rings is 2. The van der Waals surface area contributed by atoms with Gasteiger partial charge in [-0.3, -0.25) is 9.48 Å². The number of nitrogens with zero attached hydrogens (tertiary/aromatic N) is 2. The molecule has 1 heterocycles. The highest BCUT2D eigenvalue weighted by atomic mass is 19.1. The zero-order valence-electron chi connectivity index (χ0n) is 16.0. The van der Waals surface area contributed by atoms with Crippen LogP contribution in [0, 0.1) is 5.82 Å². The summed E-state index contributed by atoms with van der Waals surface area (Å²) in [6.07, 6.45) is 0.807. The van der Waals surface area contributed by atoms with Gasteiger partial charge in [0.05, 0.1) is 19.9 Å². The number of carbonyl (C=O) groups excluding carboxylic acids is 1. The summed E-state index contributed by atoms with van der Waals surface area (Å²) in [5.74, 6) is 0.490. The fourth-order valence-electron chi connectivity index (χ4n) is 2.88. The third kappa shape index (κ3) is 4.14. The Hall–Kier alpha value is -3.35. The lowest BCUT2D eigenvalue weighted by Crippen LogP contribution is -2.17. The van der Waals surface area contributed by atoms with Crippen molar-refractivity contribution in [3.05, 3.63) is 60.0 Å². The van der Waals surface area contributed by atoms with Crippen LogP contribution in [0.4, 0.5) is 10.1 Å². The Morgan fingerprint density at radius 1 is 1.14 bits per heavy atom. The van der Waals surface area contributed by atoms with Gasteiger partial charge in [-0.1, -0.05) is 13.0 Å². The van der Waals surface area contributed by atoms with Gasteiger partial charge in [0.15, 0.2) is 0 Å². The number of hydrogen-bond acceptors (Lipinski definition) is 4. The summed E-state index contributed by atoms with van der Waals surface area (Å²) in [6.45, 7) is 2.58. The van der Waals surface area contributed by atoms with Crippen LogP contribution in [0.3, 0.4) is 0 Å². The van der Waals surface area contributed by atoms with Crippen molar-refractivity contribution < 1.29 is 18.7 Å². The second-order valence-corrected chi connectivity index (χ2v) is 6.17. The van der Waals surface area contributed by atoms with E-state index in [0.717, 1.165) is 12.0 Å². The standard InChI is InChI=1S/C21H22FN3O3/c1-4-10-25-19(21(26)23-15-7-5-6-14(22)11-15)13-18(24-25)17-9-8-16(27-2)12-20(17)28-3/h5-9,11-13H,4,10H2,1-3H3,(H,23,26). The molecule has 146 valence electrons. The van der Waals surface area contributed by atoms with E-state index in [1.54, 1.807) is 43.2 Å². The van der Waals surface area contributed by atoms with E-state index >= 15 is 0 Å². The molecule has 1 aromatic heterocycles. The Kier molecular flexibility index (Phi) is 5.93. The Morgan fingerprint density at radius 3 is 2.64 bits per heavy atom. The largest absolute Gasteiger partial charge is 0.497 e. The van der Waals surface area contributed by atoms with E-state index in [1.165, 1.54) is 12.1 Å². The fourth-order valence-corrected chi connectivity index (χ4v) is 2.88. The number of halogens is 1. The molecule has 0 aliphatic rings. The van der Waals surface area contributed by atoms with Crippen LogP contribution >= 0.6 is 0 Å². The van der Waals surface area contributed by atoms with Crippen molar-refractivity contribution in [2.45, 2.75) is 19.9 Å². The van der Waals surface area contributed by atoms with Crippen molar-refractivity contribution in [1.29, 1.82) is 0 Å². The topological polar surface area (TPSA) is 65.4 Å². The predicted molar refractivity (Wildman–Crippen MR) is 105 cm³/mol. The highest BCUT2D eigenvalue weighted by Crippen LogP contribution is 2.33. The zero-order valence-corrected chi connectivity index (χ0v) is 16.0. The van der Waals surface area contributed by atoms with Gasteiger partial charge in [0.25, 0.3) is 5.91 Å². The van der Waals surface area contributed by atoms with Crippen LogP contribution in [0.25, 0.3) is 11.3 Å². The van der Waals surface area contributed by atoms with E-state index < -0.39 is 5.82 Å². The van der Waals surface area contributed by atoms with Crippen LogP contribution in [-0.4, -0.2) is 29.9 Å². The SMILES string of the molecule is CCCn1nc(-c2ccc(OC)cc2OC)cc1C(=O)Nc1cccc(F)c1. The molecule has 28 heavy (non-hydrogen) atoms. The van der Waals surface area contributed by atoms with Gasteiger partial charge in [-0.25, -0.2) is 4.39 Å². The summed E-state index contributed by atoms with van der Waals surface area (Å²) in [5, 5.41) is 7.29. The summed E-state index contributed by atoms with van der Waals surface area (Å²) in [5.41, 5.74) is 2.13. The molecule has 0 aliphatic carbocycles. The second kappa shape index (κ2) is 8.56. The van der Waals surface area contributed by atoms with E-state index in [2.05, 4.69) is 10.4 Å². The summed E-state index contributed by atoms with van der Waals surface area (Å²) < 4.78 is 25.7. The average Bonchev–Trinajstić information content (AvgIpc) is 3.11. The Balaban J connectivity index is 1.97. The molecule has 0 aliphatic heterocycles. The van der Waals surface area contributed by atoms with Crippen molar-refractivity contribution >= 4 is 11.6 Å². The fraction of sp³-hybridized carbons (Fsp3) is 0.238. The van der Waals surface area contributed by atoms with Crippen molar-refractivity contribution in [2.24, 2.45) is 0 Å². The van der Waals surface area contributed by atoms with Crippen LogP contribution in [0.2, 0.25) is 0 Å². The minimum absolute atomic E-state index is 0.356. The molecule has 0 radical (unpaired) electrons. The average molecular weight is 383 g/mol. The molecule has 0 spiro atoms. The molecule has 1 N–H and O–H groups in total. The lowest BCUT2D eigenvalue weighted by molar-refractivity contribution is 0.101. The third-order valence-electron chi connectivity index (χ3n) is 4.22. The molecule has 0 saturated heterocycles. The maximum atomic E-state index is 13.4. The number of ether oxygens (including phenoxy) is 2. The number of anilines is 1. The predicted octanol–water partition coefficient (Wildman–Crippen LogP) is 4.37. The van der Waals surface area contributed by atoms with Crippen molar-refractivity contribution in [3.63, 3.8) is 0 Å². The van der Waals surface area contributed by atoms with Gasteiger partial charge in [-0.05, 0) is 42.8 Å². The second-order valence-electron chi connectivity index (χ2n) is 6.17. The molecule has 1 amide bonds. The van der Waals surface area contributed by atoms with Crippen molar-refractivity contribution in [3.8, 4) is 22.8 Å². The molecule has 0 atom stereocenters. The summed E-state index contributed by atoms with van der Waals surface area (Å²) in [7, 11) is 3.15. The summed E-state index contributed by atoms with van der Waals surface area (Å²) >= 11 is 0.